The number of hydrogen-bond acceptors (Lipinski definition) is 8. The first-order valence-corrected chi connectivity index (χ1v) is 14.6. The van der Waals surface area contributed by atoms with Crippen LogP contribution in [0.4, 0.5) is 4.39 Å². The Balaban J connectivity index is 1.40. The van der Waals surface area contributed by atoms with Crippen molar-refractivity contribution in [3.05, 3.63) is 93.9 Å². The number of amides is 1. The van der Waals surface area contributed by atoms with Gasteiger partial charge in [-0.05, 0) is 43.7 Å². The minimum absolute atomic E-state index is 0.0118. The van der Waals surface area contributed by atoms with Crippen LogP contribution in [0, 0.1) is 11.7 Å². The first-order valence-electron chi connectivity index (χ1n) is 13.7. The van der Waals surface area contributed by atoms with Crippen molar-refractivity contribution in [2.24, 2.45) is 10.9 Å². The van der Waals surface area contributed by atoms with Gasteiger partial charge in [0, 0.05) is 24.4 Å². The smallest absolute Gasteiger partial charge is 0.338 e. The number of allylic oxidation sites excluding steroid dienone is 1. The molecule has 2 aromatic rings. The lowest BCUT2D eigenvalue weighted by atomic mass is 9.93. The van der Waals surface area contributed by atoms with E-state index in [-0.39, 0.29) is 42.0 Å². The first-order chi connectivity index (χ1) is 19.9. The average molecular weight is 578 g/mol. The summed E-state index contributed by atoms with van der Waals surface area (Å²) in [5.74, 6) is -1.87. The van der Waals surface area contributed by atoms with E-state index in [1.54, 1.807) is 41.8 Å². The molecule has 8 nitrogen and oxygen atoms in total. The third kappa shape index (κ3) is 6.22. The van der Waals surface area contributed by atoms with Gasteiger partial charge >= 0.3 is 11.9 Å². The zero-order valence-electron chi connectivity index (χ0n) is 23.0. The third-order valence-electron chi connectivity index (χ3n) is 7.36. The molecule has 214 valence electrons. The number of carbonyl (C=O) groups excluding carboxylic acids is 3. The van der Waals surface area contributed by atoms with Gasteiger partial charge in [-0.25, -0.2) is 14.2 Å². The fourth-order valence-corrected chi connectivity index (χ4v) is 6.31. The largest absolute Gasteiger partial charge is 0.466 e. The molecule has 0 bridgehead atoms. The van der Waals surface area contributed by atoms with Crippen LogP contribution in [0.3, 0.4) is 0 Å². The summed E-state index contributed by atoms with van der Waals surface area (Å²) in [6, 6.07) is 14.7. The lowest BCUT2D eigenvalue weighted by Gasteiger charge is -2.37. The molecule has 0 N–H and O–H groups in total. The molecular formula is C31H32FN3O5S. The molecule has 3 aliphatic heterocycles. The zero-order chi connectivity index (χ0) is 28.9. The van der Waals surface area contributed by atoms with Gasteiger partial charge in [0.2, 0.25) is 5.91 Å². The van der Waals surface area contributed by atoms with Crippen LogP contribution in [0.5, 0.6) is 0 Å². The van der Waals surface area contributed by atoms with E-state index >= 15 is 4.39 Å². The molecule has 1 fully saturated rings. The van der Waals surface area contributed by atoms with Crippen LogP contribution in [-0.4, -0.2) is 52.5 Å². The van der Waals surface area contributed by atoms with E-state index < -0.39 is 17.8 Å². The molecule has 3 heterocycles. The SMILES string of the molecule is CCOC(=O)C1CCCN(C(=O)CC2=CSC3=NC(C)=C(C(=O)OCc4ccccc4)C(c4ccccc4F)N23)C1. The monoisotopic (exact) mass is 577 g/mol. The highest BCUT2D eigenvalue weighted by Crippen LogP contribution is 2.45. The standard InChI is InChI=1S/C31H32FN3O5S/c1-3-39-29(37)22-12-9-15-34(17-22)26(36)16-23-19-41-31-33-20(2)27(30(38)40-18-21-10-5-4-6-11-21)28(35(23)31)24-13-7-8-14-25(24)32/h4-8,10-11,13-14,19,22,28H,3,9,12,15-18H2,1-2H3. The highest BCUT2D eigenvalue weighted by molar-refractivity contribution is 8.16. The van der Waals surface area contributed by atoms with Crippen LogP contribution in [0.1, 0.15) is 50.3 Å². The van der Waals surface area contributed by atoms with E-state index in [1.807, 2.05) is 35.7 Å². The summed E-state index contributed by atoms with van der Waals surface area (Å²) < 4.78 is 26.2. The van der Waals surface area contributed by atoms with E-state index in [2.05, 4.69) is 4.99 Å². The Morgan fingerprint density at radius 3 is 2.59 bits per heavy atom. The second-order valence-corrected chi connectivity index (χ2v) is 10.9. The molecule has 41 heavy (non-hydrogen) atoms. The summed E-state index contributed by atoms with van der Waals surface area (Å²) in [7, 11) is 0. The molecule has 1 amide bonds. The van der Waals surface area contributed by atoms with Crippen LogP contribution in [0.25, 0.3) is 0 Å². The van der Waals surface area contributed by atoms with Gasteiger partial charge in [-0.15, -0.1) is 0 Å². The number of likely N-dealkylation sites (tertiary alicyclic amines) is 1. The molecule has 0 spiro atoms. The summed E-state index contributed by atoms with van der Waals surface area (Å²) in [6.45, 7) is 4.67. The van der Waals surface area contributed by atoms with Crippen LogP contribution >= 0.6 is 11.8 Å². The first kappa shape index (κ1) is 28.6. The van der Waals surface area contributed by atoms with E-state index in [0.29, 0.717) is 49.1 Å². The van der Waals surface area contributed by atoms with Crippen LogP contribution in [0.15, 0.2) is 82.0 Å². The number of amidine groups is 1. The van der Waals surface area contributed by atoms with E-state index in [0.717, 1.165) is 5.56 Å². The van der Waals surface area contributed by atoms with E-state index in [4.69, 9.17) is 9.47 Å². The number of carbonyl (C=O) groups is 3. The number of aliphatic imine (C=N–C) groups is 1. The Morgan fingerprint density at radius 1 is 1.07 bits per heavy atom. The molecule has 5 rings (SSSR count). The van der Waals surface area contributed by atoms with Crippen molar-refractivity contribution in [1.82, 2.24) is 9.80 Å². The Labute approximate surface area is 242 Å². The van der Waals surface area contributed by atoms with Crippen molar-refractivity contribution in [3.63, 3.8) is 0 Å². The van der Waals surface area contributed by atoms with Crippen molar-refractivity contribution in [2.75, 3.05) is 19.7 Å². The van der Waals surface area contributed by atoms with Gasteiger partial charge in [-0.2, -0.15) is 0 Å². The quantitative estimate of drug-likeness (QED) is 0.392. The summed E-state index contributed by atoms with van der Waals surface area (Å²) in [5.41, 5.74) is 2.37. The fraction of sp³-hybridized carbons (Fsp3) is 0.355. The van der Waals surface area contributed by atoms with Gasteiger partial charge in [0.1, 0.15) is 12.4 Å². The maximum absolute atomic E-state index is 15.3. The number of esters is 2. The van der Waals surface area contributed by atoms with Crippen molar-refractivity contribution in [2.45, 2.75) is 45.8 Å². The van der Waals surface area contributed by atoms with Crippen molar-refractivity contribution >= 4 is 34.8 Å². The van der Waals surface area contributed by atoms with E-state index in [1.165, 1.54) is 17.8 Å². The van der Waals surface area contributed by atoms with Gasteiger partial charge in [-0.3, -0.25) is 9.59 Å². The number of piperidine rings is 1. The summed E-state index contributed by atoms with van der Waals surface area (Å²) in [6.07, 6.45) is 1.40. The number of nitrogens with zero attached hydrogens (tertiary/aromatic N) is 3. The maximum atomic E-state index is 15.3. The van der Waals surface area contributed by atoms with Crippen molar-refractivity contribution in [3.8, 4) is 0 Å². The Morgan fingerprint density at radius 2 is 1.83 bits per heavy atom. The second-order valence-electron chi connectivity index (χ2n) is 10.1. The fourth-order valence-electron chi connectivity index (χ4n) is 5.35. The second kappa shape index (κ2) is 12.7. The topological polar surface area (TPSA) is 88.5 Å². The molecule has 10 heteroatoms. The normalized spacial score (nSPS) is 20.3. The minimum Gasteiger partial charge on any atom is -0.466 e. The number of ether oxygens (including phenoxy) is 2. The number of fused-ring (bicyclic) bond motifs is 1. The molecular weight excluding hydrogens is 545 g/mol. The average Bonchev–Trinajstić information content (AvgIpc) is 3.38. The molecule has 0 aliphatic carbocycles. The predicted octanol–water partition coefficient (Wildman–Crippen LogP) is 5.34. The molecule has 3 aliphatic rings. The Kier molecular flexibility index (Phi) is 8.87. The third-order valence-corrected chi connectivity index (χ3v) is 8.25. The molecule has 2 aromatic carbocycles. The Hall–Kier alpha value is -3.92. The highest BCUT2D eigenvalue weighted by atomic mass is 32.2. The molecule has 2 atom stereocenters. The molecule has 0 radical (unpaired) electrons. The summed E-state index contributed by atoms with van der Waals surface area (Å²) in [5, 5.41) is 2.38. The minimum atomic E-state index is -0.866. The maximum Gasteiger partial charge on any atom is 0.338 e. The number of halogens is 1. The molecule has 2 unspecified atom stereocenters. The van der Waals surface area contributed by atoms with Crippen molar-refractivity contribution < 1.29 is 28.2 Å². The zero-order valence-corrected chi connectivity index (χ0v) is 23.9. The van der Waals surface area contributed by atoms with Crippen molar-refractivity contribution in [1.29, 1.82) is 0 Å². The summed E-state index contributed by atoms with van der Waals surface area (Å²) in [4.78, 5) is 47.5. The highest BCUT2D eigenvalue weighted by Gasteiger charge is 2.42. The van der Waals surface area contributed by atoms with Gasteiger partial charge in [0.15, 0.2) is 5.17 Å². The van der Waals surface area contributed by atoms with Crippen LogP contribution in [0.2, 0.25) is 0 Å². The predicted molar refractivity (Wildman–Crippen MR) is 154 cm³/mol. The lowest BCUT2D eigenvalue weighted by molar-refractivity contribution is -0.151. The van der Waals surface area contributed by atoms with Gasteiger partial charge in [0.05, 0.1) is 36.3 Å². The number of thioether (sulfide) groups is 1. The van der Waals surface area contributed by atoms with Crippen LogP contribution in [-0.2, 0) is 30.5 Å². The van der Waals surface area contributed by atoms with E-state index in [9.17, 15) is 14.4 Å². The molecule has 0 aromatic heterocycles. The number of hydrogen-bond donors (Lipinski definition) is 0. The molecule has 0 saturated carbocycles. The van der Waals surface area contributed by atoms with Gasteiger partial charge < -0.3 is 19.3 Å². The lowest BCUT2D eigenvalue weighted by Crippen LogP contribution is -2.44. The van der Waals surface area contributed by atoms with Crippen LogP contribution < -0.4 is 0 Å². The molecule has 1 saturated heterocycles. The number of benzene rings is 2. The van der Waals surface area contributed by atoms with Gasteiger partial charge in [-0.1, -0.05) is 60.3 Å². The Bertz CT molecular complexity index is 1420. The summed E-state index contributed by atoms with van der Waals surface area (Å²) >= 11 is 1.33. The number of rotatable bonds is 8. The van der Waals surface area contributed by atoms with Gasteiger partial charge in [0.25, 0.3) is 0 Å².